The third-order valence-electron chi connectivity index (χ3n) is 2.78. The Hall–Kier alpha value is -0.830. The molecule has 3 atom stereocenters. The first-order valence-electron chi connectivity index (χ1n) is 4.26. The van der Waals surface area contributed by atoms with Gasteiger partial charge in [-0.05, 0) is 12.3 Å². The normalized spacial score (nSPS) is 39.5. The largest absolute Gasteiger partial charge is 0.481 e. The minimum Gasteiger partial charge on any atom is -0.481 e. The van der Waals surface area contributed by atoms with E-state index < -0.39 is 5.97 Å². The van der Waals surface area contributed by atoms with Crippen molar-refractivity contribution in [2.45, 2.75) is 6.42 Å². The molecular formula is C9H12O3. The van der Waals surface area contributed by atoms with Crippen LogP contribution in [0.1, 0.15) is 6.42 Å². The number of fused-ring (bicyclic) bond motifs is 1. The number of allylic oxidation sites excluding steroid dienone is 1. The molecule has 3 heteroatoms. The summed E-state index contributed by atoms with van der Waals surface area (Å²) in [5, 5.41) is 8.88. The van der Waals surface area contributed by atoms with Gasteiger partial charge in [-0.15, -0.1) is 0 Å². The molecule has 0 bridgehead atoms. The first kappa shape index (κ1) is 7.80. The highest BCUT2D eigenvalue weighted by molar-refractivity contribution is 5.71. The molecule has 1 fully saturated rings. The van der Waals surface area contributed by atoms with Gasteiger partial charge in [-0.3, -0.25) is 4.79 Å². The average Bonchev–Trinajstić information content (AvgIpc) is 2.49. The predicted molar refractivity (Wildman–Crippen MR) is 42.7 cm³/mol. The number of aliphatic carboxylic acids is 1. The van der Waals surface area contributed by atoms with Gasteiger partial charge >= 0.3 is 5.97 Å². The van der Waals surface area contributed by atoms with E-state index in [-0.39, 0.29) is 11.8 Å². The maximum Gasteiger partial charge on any atom is 0.309 e. The van der Waals surface area contributed by atoms with Crippen LogP contribution in [-0.4, -0.2) is 24.3 Å². The molecule has 1 aliphatic heterocycles. The number of carboxylic acids is 1. The molecule has 1 heterocycles. The fourth-order valence-corrected chi connectivity index (χ4v) is 2.08. The zero-order chi connectivity index (χ0) is 8.55. The van der Waals surface area contributed by atoms with Gasteiger partial charge in [0.05, 0.1) is 19.1 Å². The van der Waals surface area contributed by atoms with Crippen molar-refractivity contribution in [2.24, 2.45) is 17.8 Å². The van der Waals surface area contributed by atoms with Gasteiger partial charge in [-0.1, -0.05) is 12.2 Å². The second-order valence-electron chi connectivity index (χ2n) is 3.47. The van der Waals surface area contributed by atoms with E-state index in [0.717, 1.165) is 6.42 Å². The third-order valence-corrected chi connectivity index (χ3v) is 2.78. The number of hydrogen-bond acceptors (Lipinski definition) is 2. The molecule has 66 valence electrons. The SMILES string of the molecule is O=C(O)C1COCC2C=CCC21. The molecule has 0 spiro atoms. The summed E-state index contributed by atoms with van der Waals surface area (Å²) < 4.78 is 5.23. The van der Waals surface area contributed by atoms with Crippen LogP contribution >= 0.6 is 0 Å². The van der Waals surface area contributed by atoms with Crippen molar-refractivity contribution in [3.8, 4) is 0 Å². The van der Waals surface area contributed by atoms with E-state index in [4.69, 9.17) is 9.84 Å². The Morgan fingerprint density at radius 1 is 1.50 bits per heavy atom. The molecular weight excluding hydrogens is 156 g/mol. The zero-order valence-corrected chi connectivity index (χ0v) is 6.77. The Bertz CT molecular complexity index is 222. The minimum absolute atomic E-state index is 0.288. The zero-order valence-electron chi connectivity index (χ0n) is 6.77. The standard InChI is InChI=1S/C9H12O3/c10-9(11)8-5-12-4-6-2-1-3-7(6)8/h1-2,6-8H,3-5H2,(H,10,11). The molecule has 0 aromatic heterocycles. The quantitative estimate of drug-likeness (QED) is 0.592. The molecule has 0 aromatic rings. The van der Waals surface area contributed by atoms with Crippen LogP contribution in [0.4, 0.5) is 0 Å². The summed E-state index contributed by atoms with van der Waals surface area (Å²) in [5.74, 6) is -0.372. The summed E-state index contributed by atoms with van der Waals surface area (Å²) >= 11 is 0. The molecule has 0 radical (unpaired) electrons. The lowest BCUT2D eigenvalue weighted by Gasteiger charge is -2.30. The highest BCUT2D eigenvalue weighted by Gasteiger charge is 2.38. The lowest BCUT2D eigenvalue weighted by molar-refractivity contribution is -0.150. The maximum absolute atomic E-state index is 10.8. The summed E-state index contributed by atoms with van der Waals surface area (Å²) in [6.45, 7) is 1.09. The monoisotopic (exact) mass is 168 g/mol. The Morgan fingerprint density at radius 2 is 2.33 bits per heavy atom. The van der Waals surface area contributed by atoms with E-state index >= 15 is 0 Å². The Balaban J connectivity index is 2.11. The second kappa shape index (κ2) is 2.90. The number of ether oxygens (including phenoxy) is 1. The summed E-state index contributed by atoms with van der Waals surface area (Å²) in [4.78, 5) is 10.8. The van der Waals surface area contributed by atoms with Crippen molar-refractivity contribution in [3.05, 3.63) is 12.2 Å². The Labute approximate surface area is 71.0 Å². The first-order valence-corrected chi connectivity index (χ1v) is 4.26. The lowest BCUT2D eigenvalue weighted by Crippen LogP contribution is -2.37. The molecule has 3 nitrogen and oxygen atoms in total. The highest BCUT2D eigenvalue weighted by atomic mass is 16.5. The van der Waals surface area contributed by atoms with Crippen LogP contribution in [0, 0.1) is 17.8 Å². The van der Waals surface area contributed by atoms with Crippen molar-refractivity contribution in [3.63, 3.8) is 0 Å². The molecule has 12 heavy (non-hydrogen) atoms. The van der Waals surface area contributed by atoms with Crippen LogP contribution in [-0.2, 0) is 9.53 Å². The fourth-order valence-electron chi connectivity index (χ4n) is 2.08. The van der Waals surface area contributed by atoms with Crippen molar-refractivity contribution < 1.29 is 14.6 Å². The molecule has 1 N–H and O–H groups in total. The van der Waals surface area contributed by atoms with Crippen LogP contribution in [0.2, 0.25) is 0 Å². The van der Waals surface area contributed by atoms with E-state index in [2.05, 4.69) is 12.2 Å². The molecule has 2 rings (SSSR count). The number of carbonyl (C=O) groups is 1. The molecule has 1 aliphatic carbocycles. The molecule has 0 amide bonds. The van der Waals surface area contributed by atoms with E-state index in [9.17, 15) is 4.79 Å². The predicted octanol–water partition coefficient (Wildman–Crippen LogP) is 0.910. The van der Waals surface area contributed by atoms with E-state index in [0.29, 0.717) is 19.1 Å². The summed E-state index contributed by atoms with van der Waals surface area (Å²) in [7, 11) is 0. The van der Waals surface area contributed by atoms with E-state index in [1.54, 1.807) is 0 Å². The van der Waals surface area contributed by atoms with Gasteiger partial charge in [0.25, 0.3) is 0 Å². The van der Waals surface area contributed by atoms with Crippen LogP contribution in [0.5, 0.6) is 0 Å². The summed E-state index contributed by atoms with van der Waals surface area (Å²) in [6.07, 6.45) is 5.06. The molecule has 2 aliphatic rings. The van der Waals surface area contributed by atoms with Crippen LogP contribution < -0.4 is 0 Å². The van der Waals surface area contributed by atoms with Gasteiger partial charge in [0.2, 0.25) is 0 Å². The van der Waals surface area contributed by atoms with E-state index in [1.165, 1.54) is 0 Å². The van der Waals surface area contributed by atoms with Gasteiger partial charge in [-0.25, -0.2) is 0 Å². The Morgan fingerprint density at radius 3 is 3.08 bits per heavy atom. The average molecular weight is 168 g/mol. The van der Waals surface area contributed by atoms with Gasteiger partial charge in [0.15, 0.2) is 0 Å². The summed E-state index contributed by atoms with van der Waals surface area (Å²) in [6, 6.07) is 0. The molecule has 1 saturated heterocycles. The van der Waals surface area contributed by atoms with Crippen LogP contribution in [0.25, 0.3) is 0 Å². The number of carboxylic acid groups (broad SMARTS) is 1. The highest BCUT2D eigenvalue weighted by Crippen LogP contribution is 2.35. The lowest BCUT2D eigenvalue weighted by atomic mass is 9.82. The molecule has 0 aromatic carbocycles. The first-order chi connectivity index (χ1) is 5.79. The van der Waals surface area contributed by atoms with Gasteiger partial charge in [-0.2, -0.15) is 0 Å². The smallest absolute Gasteiger partial charge is 0.309 e. The third kappa shape index (κ3) is 1.14. The van der Waals surface area contributed by atoms with Crippen LogP contribution in [0.3, 0.4) is 0 Å². The summed E-state index contributed by atoms with van der Waals surface area (Å²) in [5.41, 5.74) is 0. The van der Waals surface area contributed by atoms with Crippen molar-refractivity contribution in [1.29, 1.82) is 0 Å². The van der Waals surface area contributed by atoms with Crippen molar-refractivity contribution in [1.82, 2.24) is 0 Å². The minimum atomic E-state index is -0.714. The maximum atomic E-state index is 10.8. The number of rotatable bonds is 1. The molecule has 0 saturated carbocycles. The topological polar surface area (TPSA) is 46.5 Å². The van der Waals surface area contributed by atoms with Gasteiger partial charge in [0.1, 0.15) is 0 Å². The Kier molecular flexibility index (Phi) is 1.89. The molecule has 3 unspecified atom stereocenters. The fraction of sp³-hybridized carbons (Fsp3) is 0.667. The van der Waals surface area contributed by atoms with Gasteiger partial charge in [0, 0.05) is 5.92 Å². The number of hydrogen-bond donors (Lipinski definition) is 1. The second-order valence-corrected chi connectivity index (χ2v) is 3.47. The van der Waals surface area contributed by atoms with Crippen molar-refractivity contribution in [2.75, 3.05) is 13.2 Å². The van der Waals surface area contributed by atoms with E-state index in [1.807, 2.05) is 0 Å². The van der Waals surface area contributed by atoms with Gasteiger partial charge < -0.3 is 9.84 Å². The van der Waals surface area contributed by atoms with Crippen molar-refractivity contribution >= 4 is 5.97 Å². The van der Waals surface area contributed by atoms with Crippen LogP contribution in [0.15, 0.2) is 12.2 Å².